The Hall–Kier alpha value is -2.68. The number of rotatable bonds is 11. The highest BCUT2D eigenvalue weighted by atomic mass is 16.5. The third-order valence-electron chi connectivity index (χ3n) is 3.63. The average molecular weight is 352 g/mol. The Kier molecular flexibility index (Phi) is 8.34. The lowest BCUT2D eigenvalue weighted by atomic mass is 10.0. The molecule has 1 heterocycles. The van der Waals surface area contributed by atoms with Gasteiger partial charge in [0.1, 0.15) is 5.56 Å². The Morgan fingerprint density at radius 2 is 2.08 bits per heavy atom. The SMILES string of the molecule is CCCCCC(CN(O)C=O)C(=O)NNc1nc(C)ccc1C(=O)O. The van der Waals surface area contributed by atoms with Crippen LogP contribution < -0.4 is 10.9 Å². The van der Waals surface area contributed by atoms with E-state index in [1.807, 2.05) is 6.92 Å². The number of hydrogen-bond donors (Lipinski definition) is 4. The van der Waals surface area contributed by atoms with Crippen molar-refractivity contribution in [3.05, 3.63) is 23.4 Å². The van der Waals surface area contributed by atoms with Crippen LogP contribution >= 0.6 is 0 Å². The number of aromatic carboxylic acids is 1. The summed E-state index contributed by atoms with van der Waals surface area (Å²) in [5.74, 6) is -2.25. The van der Waals surface area contributed by atoms with Crippen molar-refractivity contribution in [2.75, 3.05) is 12.0 Å². The van der Waals surface area contributed by atoms with Gasteiger partial charge in [0.25, 0.3) is 0 Å². The molecule has 1 unspecified atom stereocenters. The number of carbonyl (C=O) groups is 3. The van der Waals surface area contributed by atoms with E-state index >= 15 is 0 Å². The summed E-state index contributed by atoms with van der Waals surface area (Å²) in [6.07, 6.45) is 3.38. The van der Waals surface area contributed by atoms with Crippen LogP contribution in [0.1, 0.15) is 48.7 Å². The highest BCUT2D eigenvalue weighted by Crippen LogP contribution is 2.14. The fourth-order valence-corrected chi connectivity index (χ4v) is 2.26. The molecule has 0 bridgehead atoms. The minimum absolute atomic E-state index is 0.0180. The third kappa shape index (κ3) is 6.76. The highest BCUT2D eigenvalue weighted by Gasteiger charge is 2.21. The summed E-state index contributed by atoms with van der Waals surface area (Å²) >= 11 is 0. The Labute approximate surface area is 146 Å². The van der Waals surface area contributed by atoms with Crippen LogP contribution in [0.5, 0.6) is 0 Å². The van der Waals surface area contributed by atoms with E-state index in [2.05, 4.69) is 15.8 Å². The van der Waals surface area contributed by atoms with Gasteiger partial charge >= 0.3 is 5.97 Å². The van der Waals surface area contributed by atoms with E-state index in [1.54, 1.807) is 13.0 Å². The van der Waals surface area contributed by atoms with Crippen molar-refractivity contribution in [2.24, 2.45) is 5.92 Å². The predicted octanol–water partition coefficient (Wildman–Crippen LogP) is 1.58. The van der Waals surface area contributed by atoms with E-state index in [4.69, 9.17) is 5.11 Å². The van der Waals surface area contributed by atoms with E-state index in [1.165, 1.54) is 6.07 Å². The second-order valence-corrected chi connectivity index (χ2v) is 5.69. The van der Waals surface area contributed by atoms with Gasteiger partial charge in [-0.05, 0) is 25.5 Å². The number of hydrazine groups is 1. The lowest BCUT2D eigenvalue weighted by Crippen LogP contribution is -2.40. The smallest absolute Gasteiger partial charge is 0.339 e. The van der Waals surface area contributed by atoms with Gasteiger partial charge in [-0.1, -0.05) is 26.2 Å². The maximum Gasteiger partial charge on any atom is 0.339 e. The Morgan fingerprint density at radius 1 is 1.36 bits per heavy atom. The molecule has 0 aliphatic rings. The summed E-state index contributed by atoms with van der Waals surface area (Å²) < 4.78 is 0. The minimum Gasteiger partial charge on any atom is -0.478 e. The van der Waals surface area contributed by atoms with E-state index in [0.29, 0.717) is 17.2 Å². The lowest BCUT2D eigenvalue weighted by Gasteiger charge is -2.20. The number of nitrogens with one attached hydrogen (secondary N) is 2. The molecular weight excluding hydrogens is 328 g/mol. The number of aromatic nitrogens is 1. The van der Waals surface area contributed by atoms with Crippen molar-refractivity contribution in [1.29, 1.82) is 0 Å². The second kappa shape index (κ2) is 10.2. The first kappa shape index (κ1) is 20.4. The molecular formula is C16H24N4O5. The van der Waals surface area contributed by atoms with Gasteiger partial charge in [0, 0.05) is 5.69 Å². The number of unbranched alkanes of at least 4 members (excludes halogenated alkanes) is 2. The number of anilines is 1. The average Bonchev–Trinajstić information content (AvgIpc) is 2.58. The number of aryl methyl sites for hydroxylation is 1. The molecule has 0 saturated heterocycles. The number of hydroxylamine groups is 2. The number of carboxylic acid groups (broad SMARTS) is 1. The van der Waals surface area contributed by atoms with Crippen LogP contribution in [-0.4, -0.2) is 45.2 Å². The largest absolute Gasteiger partial charge is 0.478 e. The molecule has 0 fully saturated rings. The number of hydrogen-bond acceptors (Lipinski definition) is 6. The van der Waals surface area contributed by atoms with Gasteiger partial charge in [0.15, 0.2) is 5.82 Å². The van der Waals surface area contributed by atoms with Crippen LogP contribution in [-0.2, 0) is 9.59 Å². The molecule has 0 aromatic carbocycles. The zero-order chi connectivity index (χ0) is 18.8. The van der Waals surface area contributed by atoms with Crippen molar-refractivity contribution >= 4 is 24.1 Å². The van der Waals surface area contributed by atoms with E-state index in [9.17, 15) is 19.6 Å². The normalized spacial score (nSPS) is 11.5. The number of amides is 2. The van der Waals surface area contributed by atoms with Crippen LogP contribution in [0.25, 0.3) is 0 Å². The van der Waals surface area contributed by atoms with Crippen molar-refractivity contribution in [3.8, 4) is 0 Å². The van der Waals surface area contributed by atoms with Gasteiger partial charge in [0.05, 0.1) is 12.5 Å². The van der Waals surface area contributed by atoms with Crippen LogP contribution in [0.4, 0.5) is 5.82 Å². The molecule has 0 spiro atoms. The summed E-state index contributed by atoms with van der Waals surface area (Å²) in [6.45, 7) is 3.57. The fraction of sp³-hybridized carbons (Fsp3) is 0.500. The van der Waals surface area contributed by atoms with Gasteiger partial charge in [-0.3, -0.25) is 25.6 Å². The molecule has 138 valence electrons. The molecule has 9 nitrogen and oxygen atoms in total. The zero-order valence-electron chi connectivity index (χ0n) is 14.4. The first-order valence-electron chi connectivity index (χ1n) is 8.06. The number of nitrogens with zero attached hydrogens (tertiary/aromatic N) is 2. The zero-order valence-corrected chi connectivity index (χ0v) is 14.4. The standard InChI is InChI=1S/C16H24N4O5/c1-3-4-5-6-12(9-20(25)10-21)15(22)19-18-14-13(16(23)24)8-7-11(2)17-14/h7-8,10,12,25H,3-6,9H2,1-2H3,(H,17,18)(H,19,22)(H,23,24). The molecule has 1 aromatic rings. The van der Waals surface area contributed by atoms with Crippen LogP contribution in [0, 0.1) is 12.8 Å². The molecule has 1 atom stereocenters. The maximum absolute atomic E-state index is 12.3. The predicted molar refractivity (Wildman–Crippen MR) is 89.9 cm³/mol. The van der Waals surface area contributed by atoms with Gasteiger partial charge in [-0.2, -0.15) is 0 Å². The van der Waals surface area contributed by atoms with E-state index < -0.39 is 17.8 Å². The number of carbonyl (C=O) groups excluding carboxylic acids is 2. The molecule has 0 radical (unpaired) electrons. The van der Waals surface area contributed by atoms with Crippen LogP contribution in [0.15, 0.2) is 12.1 Å². The molecule has 0 aliphatic heterocycles. The Balaban J connectivity index is 2.77. The van der Waals surface area contributed by atoms with Gasteiger partial charge in [-0.25, -0.2) is 14.8 Å². The molecule has 0 saturated carbocycles. The minimum atomic E-state index is -1.17. The monoisotopic (exact) mass is 352 g/mol. The van der Waals surface area contributed by atoms with Crippen molar-refractivity contribution in [2.45, 2.75) is 39.5 Å². The quantitative estimate of drug-likeness (QED) is 0.206. The van der Waals surface area contributed by atoms with Crippen molar-refractivity contribution in [1.82, 2.24) is 15.5 Å². The summed E-state index contributed by atoms with van der Waals surface area (Å²) in [6, 6.07) is 2.94. The first-order chi connectivity index (χ1) is 11.9. The molecule has 1 aromatic heterocycles. The molecule has 4 N–H and O–H groups in total. The number of carboxylic acids is 1. The van der Waals surface area contributed by atoms with Gasteiger partial charge in [0.2, 0.25) is 12.3 Å². The van der Waals surface area contributed by atoms with Crippen LogP contribution in [0.3, 0.4) is 0 Å². The molecule has 2 amide bonds. The van der Waals surface area contributed by atoms with E-state index in [-0.39, 0.29) is 24.3 Å². The molecule has 9 heteroatoms. The summed E-state index contributed by atoms with van der Waals surface area (Å²) in [5.41, 5.74) is 5.44. The number of pyridine rings is 1. The summed E-state index contributed by atoms with van der Waals surface area (Å²) in [5, 5.41) is 18.9. The van der Waals surface area contributed by atoms with Crippen LogP contribution in [0.2, 0.25) is 0 Å². The molecule has 25 heavy (non-hydrogen) atoms. The fourth-order valence-electron chi connectivity index (χ4n) is 2.26. The Morgan fingerprint density at radius 3 is 2.68 bits per heavy atom. The molecule has 0 aliphatic carbocycles. The lowest BCUT2D eigenvalue weighted by molar-refractivity contribution is -0.154. The van der Waals surface area contributed by atoms with Crippen molar-refractivity contribution < 1.29 is 24.7 Å². The van der Waals surface area contributed by atoms with E-state index in [0.717, 1.165) is 19.3 Å². The first-order valence-corrected chi connectivity index (χ1v) is 8.06. The van der Waals surface area contributed by atoms with Crippen molar-refractivity contribution in [3.63, 3.8) is 0 Å². The topological polar surface area (TPSA) is 132 Å². The Bertz CT molecular complexity index is 608. The van der Waals surface area contributed by atoms with Gasteiger partial charge in [-0.15, -0.1) is 0 Å². The maximum atomic E-state index is 12.3. The third-order valence-corrected chi connectivity index (χ3v) is 3.63. The molecule has 1 rings (SSSR count). The van der Waals surface area contributed by atoms with Gasteiger partial charge < -0.3 is 5.11 Å². The highest BCUT2D eigenvalue weighted by molar-refractivity contribution is 5.93. The summed E-state index contributed by atoms with van der Waals surface area (Å²) in [4.78, 5) is 38.2. The second-order valence-electron chi connectivity index (χ2n) is 5.69. The summed E-state index contributed by atoms with van der Waals surface area (Å²) in [7, 11) is 0.